The first-order chi connectivity index (χ1) is 7.99. The van der Waals surface area contributed by atoms with Crippen molar-refractivity contribution < 1.29 is 13.5 Å². The number of nitrogens with one attached hydrogen (secondary N) is 1. The van der Waals surface area contributed by atoms with E-state index in [1.165, 1.54) is 12.1 Å². The second-order valence-corrected chi connectivity index (χ2v) is 6.81. The van der Waals surface area contributed by atoms with Crippen molar-refractivity contribution in [3.63, 3.8) is 0 Å². The van der Waals surface area contributed by atoms with Crippen LogP contribution in [0.15, 0.2) is 33.6 Å². The highest BCUT2D eigenvalue weighted by Gasteiger charge is 2.29. The lowest BCUT2D eigenvalue weighted by Gasteiger charge is -2.16. The fourth-order valence-corrected chi connectivity index (χ4v) is 3.53. The van der Waals surface area contributed by atoms with E-state index in [0.29, 0.717) is 12.8 Å². The van der Waals surface area contributed by atoms with E-state index < -0.39 is 16.1 Å². The van der Waals surface area contributed by atoms with Gasteiger partial charge in [0.25, 0.3) is 0 Å². The number of halogens is 1. The van der Waals surface area contributed by atoms with Gasteiger partial charge in [0.1, 0.15) is 0 Å². The molecule has 1 aromatic carbocycles. The molecule has 0 aliphatic heterocycles. The molecule has 0 bridgehead atoms. The molecule has 0 radical (unpaired) electrons. The molecule has 6 heteroatoms. The fourth-order valence-electron chi connectivity index (χ4n) is 1.96. The Kier molecular flexibility index (Phi) is 3.87. The Labute approximate surface area is 109 Å². The van der Waals surface area contributed by atoms with Crippen LogP contribution in [0.4, 0.5) is 0 Å². The maximum absolute atomic E-state index is 12.0. The molecule has 0 spiro atoms. The highest BCUT2D eigenvalue weighted by atomic mass is 79.9. The Morgan fingerprint density at radius 3 is 2.41 bits per heavy atom. The van der Waals surface area contributed by atoms with E-state index in [9.17, 15) is 13.5 Å². The number of benzene rings is 1. The third-order valence-corrected chi connectivity index (χ3v) is 4.94. The van der Waals surface area contributed by atoms with E-state index in [4.69, 9.17) is 0 Å². The zero-order chi connectivity index (χ0) is 12.5. The van der Waals surface area contributed by atoms with Crippen LogP contribution in [-0.2, 0) is 10.0 Å². The van der Waals surface area contributed by atoms with Crippen molar-refractivity contribution in [1.82, 2.24) is 4.72 Å². The van der Waals surface area contributed by atoms with Gasteiger partial charge >= 0.3 is 0 Å². The van der Waals surface area contributed by atoms with Crippen LogP contribution in [-0.4, -0.2) is 25.7 Å². The summed E-state index contributed by atoms with van der Waals surface area (Å²) in [6.45, 7) is 0. The van der Waals surface area contributed by atoms with Crippen LogP contribution in [0, 0.1) is 0 Å². The normalized spacial score (nSPS) is 25.1. The van der Waals surface area contributed by atoms with Crippen molar-refractivity contribution in [1.29, 1.82) is 0 Å². The van der Waals surface area contributed by atoms with Crippen molar-refractivity contribution in [3.8, 4) is 0 Å². The summed E-state index contributed by atoms with van der Waals surface area (Å²) < 4.78 is 27.4. The molecule has 2 rings (SSSR count). The van der Waals surface area contributed by atoms with Crippen LogP contribution < -0.4 is 4.72 Å². The van der Waals surface area contributed by atoms with E-state index in [1.54, 1.807) is 12.1 Å². The third-order valence-electron chi connectivity index (χ3n) is 2.91. The molecule has 1 fully saturated rings. The summed E-state index contributed by atoms with van der Waals surface area (Å²) in [4.78, 5) is 0.222. The zero-order valence-corrected chi connectivity index (χ0v) is 11.5. The Morgan fingerprint density at radius 2 is 1.88 bits per heavy atom. The Morgan fingerprint density at radius 1 is 1.24 bits per heavy atom. The maximum Gasteiger partial charge on any atom is 0.240 e. The van der Waals surface area contributed by atoms with Gasteiger partial charge in [-0.05, 0) is 43.5 Å². The molecule has 0 amide bonds. The van der Waals surface area contributed by atoms with E-state index in [2.05, 4.69) is 20.7 Å². The lowest BCUT2D eigenvalue weighted by molar-refractivity contribution is 0.159. The average Bonchev–Trinajstić information content (AvgIpc) is 2.64. The molecule has 0 saturated heterocycles. The van der Waals surface area contributed by atoms with Crippen molar-refractivity contribution in [2.75, 3.05) is 0 Å². The lowest BCUT2D eigenvalue weighted by atomic mass is 10.2. The zero-order valence-electron chi connectivity index (χ0n) is 9.14. The van der Waals surface area contributed by atoms with Gasteiger partial charge in [-0.25, -0.2) is 13.1 Å². The second kappa shape index (κ2) is 5.06. The minimum atomic E-state index is -3.52. The predicted octanol–water partition coefficient (Wildman–Crippen LogP) is 1.64. The van der Waals surface area contributed by atoms with E-state index in [-0.39, 0.29) is 10.9 Å². The van der Waals surface area contributed by atoms with Gasteiger partial charge in [-0.15, -0.1) is 0 Å². The van der Waals surface area contributed by atoms with Gasteiger partial charge in [-0.3, -0.25) is 0 Å². The summed E-state index contributed by atoms with van der Waals surface area (Å²) in [5.74, 6) is 0. The molecule has 0 aromatic heterocycles. The van der Waals surface area contributed by atoms with Crippen LogP contribution in [0.2, 0.25) is 0 Å². The monoisotopic (exact) mass is 319 g/mol. The number of rotatable bonds is 3. The van der Waals surface area contributed by atoms with Gasteiger partial charge in [-0.1, -0.05) is 15.9 Å². The Bertz CT molecular complexity index is 486. The molecule has 17 heavy (non-hydrogen) atoms. The minimum absolute atomic E-state index is 0.222. The molecule has 94 valence electrons. The molecule has 2 N–H and O–H groups in total. The van der Waals surface area contributed by atoms with Gasteiger partial charge < -0.3 is 5.11 Å². The van der Waals surface area contributed by atoms with Crippen LogP contribution in [0.5, 0.6) is 0 Å². The molecular formula is C11H14BrNO3S. The van der Waals surface area contributed by atoms with Gasteiger partial charge in [0, 0.05) is 10.5 Å². The summed E-state index contributed by atoms with van der Waals surface area (Å²) in [6, 6.07) is 6.07. The smallest absolute Gasteiger partial charge is 0.240 e. The van der Waals surface area contributed by atoms with Gasteiger partial charge in [0.2, 0.25) is 10.0 Å². The molecule has 2 atom stereocenters. The number of aliphatic hydroxyl groups is 1. The molecule has 1 aliphatic rings. The third kappa shape index (κ3) is 3.07. The molecule has 2 unspecified atom stereocenters. The van der Waals surface area contributed by atoms with Crippen LogP contribution in [0.3, 0.4) is 0 Å². The second-order valence-electron chi connectivity index (χ2n) is 4.18. The molecular weight excluding hydrogens is 306 g/mol. The summed E-state index contributed by atoms with van der Waals surface area (Å²) in [5.41, 5.74) is 0. The fraction of sp³-hybridized carbons (Fsp3) is 0.455. The number of hydrogen-bond donors (Lipinski definition) is 2. The quantitative estimate of drug-likeness (QED) is 0.890. The maximum atomic E-state index is 12.0. The molecule has 1 saturated carbocycles. The summed E-state index contributed by atoms with van der Waals surface area (Å²) in [6.07, 6.45) is 1.64. The van der Waals surface area contributed by atoms with E-state index in [1.807, 2.05) is 0 Å². The largest absolute Gasteiger partial charge is 0.391 e. The van der Waals surface area contributed by atoms with Gasteiger partial charge in [0.05, 0.1) is 11.0 Å². The Hall–Kier alpha value is -0.430. The van der Waals surface area contributed by atoms with Gasteiger partial charge in [0.15, 0.2) is 0 Å². The van der Waals surface area contributed by atoms with Crippen LogP contribution in [0.1, 0.15) is 19.3 Å². The van der Waals surface area contributed by atoms with E-state index >= 15 is 0 Å². The Balaban J connectivity index is 2.16. The van der Waals surface area contributed by atoms with E-state index in [0.717, 1.165) is 10.9 Å². The average molecular weight is 320 g/mol. The SMILES string of the molecule is O=S(=O)(NC1CCCC1O)c1ccc(Br)cc1. The molecule has 0 heterocycles. The first-order valence-corrected chi connectivity index (χ1v) is 7.72. The summed E-state index contributed by atoms with van der Waals surface area (Å²) in [5, 5.41) is 9.61. The summed E-state index contributed by atoms with van der Waals surface area (Å²) >= 11 is 3.25. The summed E-state index contributed by atoms with van der Waals surface area (Å²) in [7, 11) is -3.52. The highest BCUT2D eigenvalue weighted by Crippen LogP contribution is 2.21. The number of sulfonamides is 1. The first-order valence-electron chi connectivity index (χ1n) is 5.45. The predicted molar refractivity (Wildman–Crippen MR) is 68.1 cm³/mol. The van der Waals surface area contributed by atoms with Crippen LogP contribution in [0.25, 0.3) is 0 Å². The molecule has 4 nitrogen and oxygen atoms in total. The van der Waals surface area contributed by atoms with Crippen LogP contribution >= 0.6 is 15.9 Å². The minimum Gasteiger partial charge on any atom is -0.391 e. The van der Waals surface area contributed by atoms with Crippen molar-refractivity contribution >= 4 is 26.0 Å². The number of hydrogen-bond acceptors (Lipinski definition) is 3. The number of aliphatic hydroxyl groups excluding tert-OH is 1. The standard InChI is InChI=1S/C11H14BrNO3S/c12-8-4-6-9(7-5-8)17(15,16)13-10-2-1-3-11(10)14/h4-7,10-11,13-14H,1-3H2. The van der Waals surface area contributed by atoms with Crippen molar-refractivity contribution in [3.05, 3.63) is 28.7 Å². The topological polar surface area (TPSA) is 66.4 Å². The van der Waals surface area contributed by atoms with Crippen molar-refractivity contribution in [2.24, 2.45) is 0 Å². The molecule has 1 aromatic rings. The van der Waals surface area contributed by atoms with Crippen molar-refractivity contribution in [2.45, 2.75) is 36.3 Å². The highest BCUT2D eigenvalue weighted by molar-refractivity contribution is 9.10. The van der Waals surface area contributed by atoms with Gasteiger partial charge in [-0.2, -0.15) is 0 Å². The first kappa shape index (κ1) is 13.0. The lowest BCUT2D eigenvalue weighted by Crippen LogP contribution is -2.39. The molecule has 1 aliphatic carbocycles.